The fraction of sp³-hybridized carbons (Fsp3) is 0.324. The van der Waals surface area contributed by atoms with E-state index in [0.29, 0.717) is 34.3 Å². The predicted octanol–water partition coefficient (Wildman–Crippen LogP) is 7.02. The van der Waals surface area contributed by atoms with Crippen molar-refractivity contribution in [2.75, 3.05) is 7.11 Å². The first-order valence-corrected chi connectivity index (χ1v) is 14.2. The number of hydrogen-bond acceptors (Lipinski definition) is 6. The predicted molar refractivity (Wildman–Crippen MR) is 161 cm³/mol. The minimum atomic E-state index is -0.652. The number of furan rings is 1. The smallest absolute Gasteiger partial charge is 0.407 e. The number of carbonyl (C=O) groups is 2. The Balaban J connectivity index is 1.40. The molecule has 8 nitrogen and oxygen atoms in total. The molecule has 8 heteroatoms. The number of hydrogen-bond donors (Lipinski definition) is 2. The number of nitrogens with zero attached hydrogens (tertiary/aromatic N) is 1. The molecule has 5 rings (SSSR count). The highest BCUT2D eigenvalue weighted by atomic mass is 16.5. The molecule has 42 heavy (non-hydrogen) atoms. The summed E-state index contributed by atoms with van der Waals surface area (Å²) < 4.78 is 16.3. The molecule has 2 aromatic heterocycles. The molecule has 1 aliphatic rings. The fourth-order valence-electron chi connectivity index (χ4n) is 5.68. The SMILES string of the molecule is COC(=O)NC(c1cc2cc(CC(=O)NC(C3=CC(C)CC=C3)c3ccc(C)cc3C)ccc2o1)c1c(C)noc1C. The molecule has 0 fully saturated rings. The zero-order valence-corrected chi connectivity index (χ0v) is 24.9. The lowest BCUT2D eigenvalue weighted by Crippen LogP contribution is -2.31. The molecule has 0 aliphatic heterocycles. The molecule has 2 amide bonds. The Labute approximate surface area is 245 Å². The number of fused-ring (bicyclic) bond motifs is 1. The number of aryl methyl sites for hydroxylation is 4. The van der Waals surface area contributed by atoms with E-state index in [4.69, 9.17) is 13.7 Å². The number of ether oxygens (including phenoxy) is 1. The van der Waals surface area contributed by atoms with Crippen molar-refractivity contribution in [3.8, 4) is 0 Å². The second kappa shape index (κ2) is 12.1. The van der Waals surface area contributed by atoms with E-state index < -0.39 is 12.1 Å². The first-order valence-electron chi connectivity index (χ1n) is 14.2. The van der Waals surface area contributed by atoms with Gasteiger partial charge in [-0.3, -0.25) is 4.79 Å². The molecular weight excluding hydrogens is 530 g/mol. The van der Waals surface area contributed by atoms with Gasteiger partial charge in [0.05, 0.1) is 25.3 Å². The second-order valence-corrected chi connectivity index (χ2v) is 11.1. The molecule has 2 heterocycles. The molecule has 0 bridgehead atoms. The lowest BCUT2D eigenvalue weighted by molar-refractivity contribution is -0.120. The van der Waals surface area contributed by atoms with E-state index >= 15 is 0 Å². The summed E-state index contributed by atoms with van der Waals surface area (Å²) in [5.74, 6) is 1.42. The summed E-state index contributed by atoms with van der Waals surface area (Å²) in [6, 6.07) is 13.0. The van der Waals surface area contributed by atoms with E-state index in [-0.39, 0.29) is 18.4 Å². The van der Waals surface area contributed by atoms with Gasteiger partial charge in [-0.05, 0) is 80.5 Å². The van der Waals surface area contributed by atoms with Crippen LogP contribution in [0.25, 0.3) is 11.0 Å². The molecule has 0 saturated heterocycles. The van der Waals surface area contributed by atoms with Gasteiger partial charge in [0, 0.05) is 10.9 Å². The quantitative estimate of drug-likeness (QED) is 0.237. The summed E-state index contributed by atoms with van der Waals surface area (Å²) in [6.45, 7) is 9.95. The van der Waals surface area contributed by atoms with E-state index in [2.05, 4.69) is 73.0 Å². The minimum Gasteiger partial charge on any atom is -0.458 e. The molecule has 4 aromatic rings. The van der Waals surface area contributed by atoms with Gasteiger partial charge < -0.3 is 24.3 Å². The molecule has 0 radical (unpaired) electrons. The molecule has 2 aromatic carbocycles. The van der Waals surface area contributed by atoms with Crippen molar-refractivity contribution in [3.05, 3.63) is 111 Å². The number of methoxy groups -OCH3 is 1. The normalized spacial score (nSPS) is 16.1. The summed E-state index contributed by atoms with van der Waals surface area (Å²) in [7, 11) is 1.31. The van der Waals surface area contributed by atoms with Crippen LogP contribution < -0.4 is 10.6 Å². The van der Waals surface area contributed by atoms with Crippen molar-refractivity contribution in [1.82, 2.24) is 15.8 Å². The summed E-state index contributed by atoms with van der Waals surface area (Å²) in [5.41, 5.74) is 7.37. The van der Waals surface area contributed by atoms with E-state index in [1.807, 2.05) is 31.2 Å². The average molecular weight is 568 g/mol. The molecule has 218 valence electrons. The number of benzene rings is 2. The van der Waals surface area contributed by atoms with E-state index in [1.165, 1.54) is 12.7 Å². The van der Waals surface area contributed by atoms with Crippen LogP contribution in [0.1, 0.15) is 70.5 Å². The number of amides is 2. The van der Waals surface area contributed by atoms with Crippen LogP contribution in [0.4, 0.5) is 4.79 Å². The molecule has 0 spiro atoms. The van der Waals surface area contributed by atoms with Crippen molar-refractivity contribution in [2.24, 2.45) is 5.92 Å². The first kappa shape index (κ1) is 28.9. The lowest BCUT2D eigenvalue weighted by Gasteiger charge is -2.25. The first-order chi connectivity index (χ1) is 20.1. The molecule has 1 aliphatic carbocycles. The van der Waals surface area contributed by atoms with Gasteiger partial charge in [-0.1, -0.05) is 60.1 Å². The van der Waals surface area contributed by atoms with E-state index in [1.54, 1.807) is 6.92 Å². The van der Waals surface area contributed by atoms with Gasteiger partial charge in [0.15, 0.2) is 0 Å². The van der Waals surface area contributed by atoms with Gasteiger partial charge >= 0.3 is 6.09 Å². The molecule has 3 unspecified atom stereocenters. The van der Waals surface area contributed by atoms with Gasteiger partial charge in [0.2, 0.25) is 5.91 Å². The Morgan fingerprint density at radius 2 is 1.86 bits per heavy atom. The minimum absolute atomic E-state index is 0.0727. The third-order valence-corrected chi connectivity index (χ3v) is 7.74. The Hall–Kier alpha value is -4.59. The van der Waals surface area contributed by atoms with Crippen LogP contribution in [-0.4, -0.2) is 24.3 Å². The number of nitrogens with one attached hydrogen (secondary N) is 2. The number of carbonyl (C=O) groups excluding carboxylic acids is 2. The Morgan fingerprint density at radius 1 is 1.05 bits per heavy atom. The second-order valence-electron chi connectivity index (χ2n) is 11.1. The van der Waals surface area contributed by atoms with Crippen LogP contribution in [0.5, 0.6) is 0 Å². The van der Waals surface area contributed by atoms with Crippen LogP contribution in [-0.2, 0) is 16.0 Å². The maximum Gasteiger partial charge on any atom is 0.407 e. The Morgan fingerprint density at radius 3 is 2.55 bits per heavy atom. The number of allylic oxidation sites excluding steroid dienone is 2. The number of rotatable bonds is 8. The molecule has 2 N–H and O–H groups in total. The van der Waals surface area contributed by atoms with Crippen molar-refractivity contribution < 1.29 is 23.3 Å². The van der Waals surface area contributed by atoms with Crippen molar-refractivity contribution in [1.29, 1.82) is 0 Å². The van der Waals surface area contributed by atoms with Gasteiger partial charge in [-0.2, -0.15) is 0 Å². The maximum absolute atomic E-state index is 13.5. The largest absolute Gasteiger partial charge is 0.458 e. The zero-order valence-electron chi connectivity index (χ0n) is 24.9. The van der Waals surface area contributed by atoms with Crippen LogP contribution in [0.3, 0.4) is 0 Å². The maximum atomic E-state index is 13.5. The van der Waals surface area contributed by atoms with Crippen LogP contribution in [0, 0.1) is 33.6 Å². The van der Waals surface area contributed by atoms with Crippen LogP contribution in [0.2, 0.25) is 0 Å². The van der Waals surface area contributed by atoms with E-state index in [9.17, 15) is 9.59 Å². The van der Waals surface area contributed by atoms with Gasteiger partial charge in [-0.15, -0.1) is 0 Å². The fourth-order valence-corrected chi connectivity index (χ4v) is 5.68. The standard InChI is InChI=1S/C34H37N3O5/c1-19-8-7-9-25(15-19)32(27-12-10-20(2)14-21(27)3)35-30(38)17-24-11-13-28-26(16-24)18-29(41-28)33(36-34(39)40-6)31-22(4)37-42-23(31)5/h7,9-16,18-19,32-33H,8,17H2,1-6H3,(H,35,38)(H,36,39). The molecule has 3 atom stereocenters. The van der Waals surface area contributed by atoms with Crippen molar-refractivity contribution >= 4 is 23.0 Å². The summed E-state index contributed by atoms with van der Waals surface area (Å²) in [6.07, 6.45) is 7.15. The van der Waals surface area contributed by atoms with Gasteiger partial charge in [0.25, 0.3) is 0 Å². The lowest BCUT2D eigenvalue weighted by atomic mass is 9.88. The van der Waals surface area contributed by atoms with E-state index in [0.717, 1.165) is 34.1 Å². The third-order valence-electron chi connectivity index (χ3n) is 7.74. The monoisotopic (exact) mass is 567 g/mol. The van der Waals surface area contributed by atoms with Crippen LogP contribution in [0.15, 0.2) is 75.2 Å². The average Bonchev–Trinajstić information content (AvgIpc) is 3.52. The Bertz CT molecular complexity index is 1670. The van der Waals surface area contributed by atoms with Gasteiger partial charge in [-0.25, -0.2) is 4.79 Å². The highest BCUT2D eigenvalue weighted by molar-refractivity contribution is 5.84. The topological polar surface area (TPSA) is 107 Å². The third kappa shape index (κ3) is 6.17. The summed E-state index contributed by atoms with van der Waals surface area (Å²) >= 11 is 0. The Kier molecular flexibility index (Phi) is 8.34. The van der Waals surface area contributed by atoms with Crippen molar-refractivity contribution in [2.45, 2.75) is 59.5 Å². The van der Waals surface area contributed by atoms with Gasteiger partial charge in [0.1, 0.15) is 23.1 Å². The highest BCUT2D eigenvalue weighted by Gasteiger charge is 2.28. The summed E-state index contributed by atoms with van der Waals surface area (Å²) in [4.78, 5) is 25.7. The number of alkyl carbamates (subject to hydrolysis) is 1. The summed E-state index contributed by atoms with van der Waals surface area (Å²) in [5, 5.41) is 11.0. The zero-order chi connectivity index (χ0) is 30.0. The van der Waals surface area contributed by atoms with Crippen LogP contribution >= 0.6 is 0 Å². The number of aromatic nitrogens is 1. The molecule has 0 saturated carbocycles. The highest BCUT2D eigenvalue weighted by Crippen LogP contribution is 2.33. The molecular formula is C34H37N3O5. The van der Waals surface area contributed by atoms with Crippen molar-refractivity contribution in [3.63, 3.8) is 0 Å².